The van der Waals surface area contributed by atoms with Gasteiger partial charge >= 0.3 is 0 Å². The van der Waals surface area contributed by atoms with Crippen molar-refractivity contribution in [3.05, 3.63) is 94.0 Å². The summed E-state index contributed by atoms with van der Waals surface area (Å²) in [6.45, 7) is 8.98. The number of hydrogen-bond acceptors (Lipinski definition) is 0. The predicted octanol–water partition coefficient (Wildman–Crippen LogP) is 6.43. The first-order valence-electron chi connectivity index (χ1n) is 8.83. The lowest BCUT2D eigenvalue weighted by atomic mass is 9.86. The Kier molecular flexibility index (Phi) is 4.85. The van der Waals surface area contributed by atoms with Crippen LogP contribution in [0.3, 0.4) is 0 Å². The Labute approximate surface area is 146 Å². The van der Waals surface area contributed by atoms with Crippen molar-refractivity contribution in [2.45, 2.75) is 40.5 Å². The van der Waals surface area contributed by atoms with Gasteiger partial charge in [-0.3, -0.25) is 0 Å². The fourth-order valence-corrected chi connectivity index (χ4v) is 3.50. The molecule has 0 aliphatic heterocycles. The minimum absolute atomic E-state index is 1.00. The highest BCUT2D eigenvalue weighted by molar-refractivity contribution is 5.71. The van der Waals surface area contributed by atoms with Crippen LogP contribution in [0.1, 0.15) is 40.3 Å². The summed E-state index contributed by atoms with van der Waals surface area (Å²) in [4.78, 5) is 0. The number of aryl methyl sites for hydroxylation is 2. The summed E-state index contributed by atoms with van der Waals surface area (Å²) in [5, 5.41) is 0. The first-order chi connectivity index (χ1) is 11.6. The predicted molar refractivity (Wildman–Crippen MR) is 105 cm³/mol. The summed E-state index contributed by atoms with van der Waals surface area (Å²) in [7, 11) is 0. The number of rotatable bonds is 4. The Morgan fingerprint density at radius 2 is 1.33 bits per heavy atom. The molecule has 0 aliphatic carbocycles. The lowest BCUT2D eigenvalue weighted by Gasteiger charge is -2.19. The van der Waals surface area contributed by atoms with Gasteiger partial charge in [-0.2, -0.15) is 0 Å². The molecule has 24 heavy (non-hydrogen) atoms. The lowest BCUT2D eigenvalue weighted by Crippen LogP contribution is -2.02. The Balaban J connectivity index is 2.17. The molecule has 0 aromatic heterocycles. The van der Waals surface area contributed by atoms with E-state index in [1.165, 1.54) is 44.5 Å². The minimum Gasteiger partial charge on any atom is -0.0622 e. The van der Waals surface area contributed by atoms with E-state index in [9.17, 15) is 0 Å². The molecule has 0 atom stereocenters. The molecule has 0 radical (unpaired) electrons. The zero-order valence-corrected chi connectivity index (χ0v) is 15.2. The molecule has 122 valence electrons. The van der Waals surface area contributed by atoms with Crippen molar-refractivity contribution in [3.8, 4) is 11.1 Å². The van der Waals surface area contributed by atoms with Crippen LogP contribution >= 0.6 is 0 Å². The van der Waals surface area contributed by atoms with Crippen molar-refractivity contribution in [1.29, 1.82) is 0 Å². The number of benzene rings is 3. The molecule has 0 heterocycles. The normalized spacial score (nSPS) is 10.8. The van der Waals surface area contributed by atoms with E-state index in [0.717, 1.165) is 12.8 Å². The highest BCUT2D eigenvalue weighted by atomic mass is 14.2. The molecular formula is C24H26. The Bertz CT molecular complexity index is 841. The van der Waals surface area contributed by atoms with Gasteiger partial charge in [-0.15, -0.1) is 0 Å². The molecule has 0 saturated carbocycles. The van der Waals surface area contributed by atoms with Gasteiger partial charge in [-0.1, -0.05) is 67.6 Å². The molecule has 0 amide bonds. The van der Waals surface area contributed by atoms with Gasteiger partial charge in [0.05, 0.1) is 0 Å². The molecule has 0 bridgehead atoms. The van der Waals surface area contributed by atoms with Crippen LogP contribution in [0.5, 0.6) is 0 Å². The molecule has 0 N–H and O–H groups in total. The first kappa shape index (κ1) is 16.5. The van der Waals surface area contributed by atoms with Crippen LogP contribution in [0.25, 0.3) is 11.1 Å². The van der Waals surface area contributed by atoms with Crippen molar-refractivity contribution < 1.29 is 0 Å². The SMILES string of the molecule is CCc1ccccc1Cc1c(-c2ccccc2)cc(C)c(C)c1C. The Morgan fingerprint density at radius 1 is 0.708 bits per heavy atom. The van der Waals surface area contributed by atoms with Gasteiger partial charge in [0.2, 0.25) is 0 Å². The summed E-state index contributed by atoms with van der Waals surface area (Å²) in [5.41, 5.74) is 11.3. The standard InChI is InChI=1S/C24H26/c1-5-20-11-9-10-14-22(20)16-23-19(4)18(3)17(2)15-24(23)21-12-7-6-8-13-21/h6-15H,5,16H2,1-4H3. The van der Waals surface area contributed by atoms with E-state index in [4.69, 9.17) is 0 Å². The summed E-state index contributed by atoms with van der Waals surface area (Å²) < 4.78 is 0. The smallest absolute Gasteiger partial charge is 0.00142 e. The maximum atomic E-state index is 2.36. The van der Waals surface area contributed by atoms with Gasteiger partial charge in [0.1, 0.15) is 0 Å². The lowest BCUT2D eigenvalue weighted by molar-refractivity contribution is 1.05. The van der Waals surface area contributed by atoms with Crippen LogP contribution in [0, 0.1) is 20.8 Å². The van der Waals surface area contributed by atoms with Gasteiger partial charge < -0.3 is 0 Å². The summed E-state index contributed by atoms with van der Waals surface area (Å²) in [6.07, 6.45) is 2.09. The molecule has 3 rings (SSSR count). The highest BCUT2D eigenvalue weighted by Gasteiger charge is 2.14. The van der Waals surface area contributed by atoms with Crippen LogP contribution < -0.4 is 0 Å². The van der Waals surface area contributed by atoms with Gasteiger partial charge in [0, 0.05) is 0 Å². The van der Waals surface area contributed by atoms with Crippen molar-refractivity contribution in [2.75, 3.05) is 0 Å². The fourth-order valence-electron chi connectivity index (χ4n) is 3.50. The van der Waals surface area contributed by atoms with E-state index < -0.39 is 0 Å². The van der Waals surface area contributed by atoms with Crippen molar-refractivity contribution in [1.82, 2.24) is 0 Å². The molecule has 0 saturated heterocycles. The van der Waals surface area contributed by atoms with E-state index in [1.54, 1.807) is 0 Å². The molecule has 0 spiro atoms. The number of hydrogen-bond donors (Lipinski definition) is 0. The molecule has 0 heteroatoms. The highest BCUT2D eigenvalue weighted by Crippen LogP contribution is 2.32. The van der Waals surface area contributed by atoms with E-state index >= 15 is 0 Å². The van der Waals surface area contributed by atoms with Gasteiger partial charge in [-0.25, -0.2) is 0 Å². The molecule has 0 unspecified atom stereocenters. The van der Waals surface area contributed by atoms with E-state index in [2.05, 4.69) is 88.4 Å². The van der Waals surface area contributed by atoms with E-state index in [1.807, 2.05) is 0 Å². The minimum atomic E-state index is 1.00. The second-order valence-electron chi connectivity index (χ2n) is 6.63. The average Bonchev–Trinajstić information content (AvgIpc) is 2.63. The molecular weight excluding hydrogens is 288 g/mol. The molecule has 3 aromatic rings. The van der Waals surface area contributed by atoms with Crippen molar-refractivity contribution >= 4 is 0 Å². The second kappa shape index (κ2) is 7.05. The maximum Gasteiger partial charge on any atom is -0.00142 e. The third-order valence-electron chi connectivity index (χ3n) is 5.24. The van der Waals surface area contributed by atoms with Gasteiger partial charge in [0.15, 0.2) is 0 Å². The molecule has 0 aliphatic rings. The van der Waals surface area contributed by atoms with Gasteiger partial charge in [-0.05, 0) is 78.1 Å². The summed E-state index contributed by atoms with van der Waals surface area (Å²) in [5.74, 6) is 0. The largest absolute Gasteiger partial charge is 0.0622 e. The van der Waals surface area contributed by atoms with Crippen LogP contribution in [0.15, 0.2) is 60.7 Å². The van der Waals surface area contributed by atoms with E-state index in [-0.39, 0.29) is 0 Å². The quantitative estimate of drug-likeness (QED) is 0.520. The van der Waals surface area contributed by atoms with Crippen molar-refractivity contribution in [2.24, 2.45) is 0 Å². The monoisotopic (exact) mass is 314 g/mol. The van der Waals surface area contributed by atoms with Crippen LogP contribution in [-0.2, 0) is 12.8 Å². The average molecular weight is 314 g/mol. The summed E-state index contributed by atoms with van der Waals surface area (Å²) >= 11 is 0. The third kappa shape index (κ3) is 3.14. The maximum absolute atomic E-state index is 2.36. The molecule has 0 fully saturated rings. The van der Waals surface area contributed by atoms with E-state index in [0.29, 0.717) is 0 Å². The Morgan fingerprint density at radius 3 is 2.00 bits per heavy atom. The zero-order chi connectivity index (χ0) is 17.1. The van der Waals surface area contributed by atoms with Crippen LogP contribution in [0.4, 0.5) is 0 Å². The second-order valence-corrected chi connectivity index (χ2v) is 6.63. The first-order valence-corrected chi connectivity index (χ1v) is 8.83. The third-order valence-corrected chi connectivity index (χ3v) is 5.24. The molecule has 3 aromatic carbocycles. The van der Waals surface area contributed by atoms with Crippen molar-refractivity contribution in [3.63, 3.8) is 0 Å². The zero-order valence-electron chi connectivity index (χ0n) is 15.2. The summed E-state index contributed by atoms with van der Waals surface area (Å²) in [6, 6.07) is 22.0. The van der Waals surface area contributed by atoms with Crippen LogP contribution in [0.2, 0.25) is 0 Å². The van der Waals surface area contributed by atoms with Gasteiger partial charge in [0.25, 0.3) is 0 Å². The Hall–Kier alpha value is -2.34. The molecule has 0 nitrogen and oxygen atoms in total. The topological polar surface area (TPSA) is 0 Å². The van der Waals surface area contributed by atoms with Crippen LogP contribution in [-0.4, -0.2) is 0 Å². The fraction of sp³-hybridized carbons (Fsp3) is 0.250.